The van der Waals surface area contributed by atoms with E-state index in [2.05, 4.69) is 0 Å². The molecule has 1 aromatic rings. The van der Waals surface area contributed by atoms with Gasteiger partial charge >= 0.3 is 5.97 Å². The fraction of sp³-hybridized carbons (Fsp3) is 0.467. The summed E-state index contributed by atoms with van der Waals surface area (Å²) in [5.74, 6) is -0.0986. The van der Waals surface area contributed by atoms with Crippen LogP contribution in [0.1, 0.15) is 16.8 Å². The molecule has 22 heavy (non-hydrogen) atoms. The van der Waals surface area contributed by atoms with Crippen molar-refractivity contribution < 1.29 is 28.9 Å². The van der Waals surface area contributed by atoms with Crippen molar-refractivity contribution in [3.63, 3.8) is 0 Å². The molecular weight excluding hydrogens is 290 g/mol. The number of methoxy groups -OCH3 is 2. The van der Waals surface area contributed by atoms with E-state index in [9.17, 15) is 9.59 Å². The molecule has 0 radical (unpaired) electrons. The van der Waals surface area contributed by atoms with Crippen molar-refractivity contribution in [2.75, 3.05) is 33.9 Å². The number of ether oxygens (including phenoxy) is 3. The zero-order valence-corrected chi connectivity index (χ0v) is 12.6. The van der Waals surface area contributed by atoms with Crippen molar-refractivity contribution in [1.82, 2.24) is 4.90 Å². The molecule has 120 valence electrons. The summed E-state index contributed by atoms with van der Waals surface area (Å²) in [5.41, 5.74) is 0.466. The predicted molar refractivity (Wildman–Crippen MR) is 77.4 cm³/mol. The predicted octanol–water partition coefficient (Wildman–Crippen LogP) is 1.02. The first-order valence-corrected chi connectivity index (χ1v) is 6.90. The highest BCUT2D eigenvalue weighted by Crippen LogP contribution is 2.28. The molecule has 0 spiro atoms. The fourth-order valence-electron chi connectivity index (χ4n) is 2.37. The van der Waals surface area contributed by atoms with Gasteiger partial charge in [0.25, 0.3) is 5.91 Å². The van der Waals surface area contributed by atoms with E-state index in [-0.39, 0.29) is 18.9 Å². The second-order valence-corrected chi connectivity index (χ2v) is 4.91. The Balaban J connectivity index is 2.12. The molecule has 7 nitrogen and oxygen atoms in total. The average molecular weight is 309 g/mol. The number of hydrogen-bond acceptors (Lipinski definition) is 5. The Kier molecular flexibility index (Phi) is 5.21. The van der Waals surface area contributed by atoms with Crippen LogP contribution < -0.4 is 9.47 Å². The van der Waals surface area contributed by atoms with Crippen molar-refractivity contribution in [1.29, 1.82) is 0 Å². The van der Waals surface area contributed by atoms with Crippen LogP contribution in [0.4, 0.5) is 0 Å². The van der Waals surface area contributed by atoms with Gasteiger partial charge in [0.1, 0.15) is 0 Å². The van der Waals surface area contributed by atoms with Crippen LogP contribution in [-0.4, -0.2) is 61.9 Å². The van der Waals surface area contributed by atoms with E-state index in [0.717, 1.165) is 0 Å². The third-order valence-corrected chi connectivity index (χ3v) is 3.46. The number of hydrogen-bond donors (Lipinski definition) is 1. The van der Waals surface area contributed by atoms with Gasteiger partial charge in [-0.25, -0.2) is 0 Å². The number of benzene rings is 1. The Bertz CT molecular complexity index is 559. The molecule has 1 aromatic carbocycles. The minimum absolute atomic E-state index is 0.115. The normalized spacial score (nSPS) is 17.9. The maximum absolute atomic E-state index is 12.5. The van der Waals surface area contributed by atoms with E-state index in [0.29, 0.717) is 30.2 Å². The van der Waals surface area contributed by atoms with Gasteiger partial charge in [0.2, 0.25) is 0 Å². The van der Waals surface area contributed by atoms with Gasteiger partial charge < -0.3 is 24.2 Å². The Morgan fingerprint density at radius 2 is 2.05 bits per heavy atom. The van der Waals surface area contributed by atoms with Crippen molar-refractivity contribution in [2.45, 2.75) is 12.5 Å². The number of rotatable bonds is 5. The van der Waals surface area contributed by atoms with Crippen LogP contribution in [0.15, 0.2) is 18.2 Å². The summed E-state index contributed by atoms with van der Waals surface area (Å²) < 4.78 is 15.7. The molecule has 1 saturated heterocycles. The van der Waals surface area contributed by atoms with Gasteiger partial charge in [-0.15, -0.1) is 0 Å². The molecule has 7 heteroatoms. The first-order chi connectivity index (χ1) is 10.5. The molecule has 1 fully saturated rings. The lowest BCUT2D eigenvalue weighted by Gasteiger charge is -2.32. The lowest BCUT2D eigenvalue weighted by atomic mass is 10.1. The van der Waals surface area contributed by atoms with Crippen LogP contribution in [0.2, 0.25) is 0 Å². The molecule has 1 unspecified atom stereocenters. The summed E-state index contributed by atoms with van der Waals surface area (Å²) in [5, 5.41) is 8.82. The quantitative estimate of drug-likeness (QED) is 0.874. The highest BCUT2D eigenvalue weighted by molar-refractivity contribution is 5.95. The molecule has 2 rings (SSSR count). The molecule has 1 aliphatic rings. The molecule has 1 atom stereocenters. The van der Waals surface area contributed by atoms with E-state index < -0.39 is 12.1 Å². The number of carboxylic acid groups (broad SMARTS) is 1. The molecule has 1 aliphatic heterocycles. The van der Waals surface area contributed by atoms with E-state index in [1.807, 2.05) is 0 Å². The Labute approximate surface area is 128 Å². The molecule has 1 heterocycles. The molecular formula is C15H19NO6. The van der Waals surface area contributed by atoms with Crippen molar-refractivity contribution in [3.05, 3.63) is 23.8 Å². The number of carboxylic acids is 1. The molecule has 0 aromatic heterocycles. The molecule has 0 saturated carbocycles. The van der Waals surface area contributed by atoms with Crippen LogP contribution >= 0.6 is 0 Å². The monoisotopic (exact) mass is 309 g/mol. The van der Waals surface area contributed by atoms with Gasteiger partial charge in [-0.3, -0.25) is 9.59 Å². The fourth-order valence-corrected chi connectivity index (χ4v) is 2.37. The number of carbonyl (C=O) groups excluding carboxylic acids is 1. The van der Waals surface area contributed by atoms with Gasteiger partial charge in [-0.05, 0) is 18.2 Å². The lowest BCUT2D eigenvalue weighted by molar-refractivity contribution is -0.141. The standard InChI is InChI=1S/C15H19NO6/c1-20-12-4-3-10(7-13(12)21-2)15(19)16-5-6-22-11(9-16)8-14(17)18/h3-4,7,11H,5-6,8-9H2,1-2H3,(H,17,18). The molecule has 1 N–H and O–H groups in total. The van der Waals surface area contributed by atoms with Crippen LogP contribution in [0.5, 0.6) is 11.5 Å². The van der Waals surface area contributed by atoms with E-state index in [4.69, 9.17) is 19.3 Å². The van der Waals surface area contributed by atoms with Crippen molar-refractivity contribution in [2.24, 2.45) is 0 Å². The van der Waals surface area contributed by atoms with Crippen molar-refractivity contribution in [3.8, 4) is 11.5 Å². The van der Waals surface area contributed by atoms with Crippen LogP contribution in [0, 0.1) is 0 Å². The number of aliphatic carboxylic acids is 1. The highest BCUT2D eigenvalue weighted by Gasteiger charge is 2.27. The second kappa shape index (κ2) is 7.13. The minimum atomic E-state index is -0.939. The summed E-state index contributed by atoms with van der Waals surface area (Å²) in [6, 6.07) is 4.94. The van der Waals surface area contributed by atoms with Gasteiger partial charge in [0, 0.05) is 18.7 Å². The van der Waals surface area contributed by atoms with E-state index in [1.54, 1.807) is 23.1 Å². The number of nitrogens with zero attached hydrogens (tertiary/aromatic N) is 1. The smallest absolute Gasteiger partial charge is 0.306 e. The van der Waals surface area contributed by atoms with Crippen molar-refractivity contribution >= 4 is 11.9 Å². The average Bonchev–Trinajstić information content (AvgIpc) is 2.53. The molecule has 0 aliphatic carbocycles. The first-order valence-electron chi connectivity index (χ1n) is 6.90. The number of morpholine rings is 1. The molecule has 1 amide bonds. The van der Waals surface area contributed by atoms with Gasteiger partial charge in [-0.1, -0.05) is 0 Å². The topological polar surface area (TPSA) is 85.3 Å². The zero-order chi connectivity index (χ0) is 16.1. The number of amides is 1. The Morgan fingerprint density at radius 1 is 1.32 bits per heavy atom. The van der Waals surface area contributed by atoms with E-state index >= 15 is 0 Å². The lowest BCUT2D eigenvalue weighted by Crippen LogP contribution is -2.46. The second-order valence-electron chi connectivity index (χ2n) is 4.91. The summed E-state index contributed by atoms with van der Waals surface area (Å²) in [6.07, 6.45) is -0.592. The SMILES string of the molecule is COc1ccc(C(=O)N2CCOC(CC(=O)O)C2)cc1OC. The van der Waals surface area contributed by atoms with Crippen LogP contribution in [0.3, 0.4) is 0 Å². The maximum atomic E-state index is 12.5. The number of carbonyl (C=O) groups is 2. The third-order valence-electron chi connectivity index (χ3n) is 3.46. The largest absolute Gasteiger partial charge is 0.493 e. The summed E-state index contributed by atoms with van der Waals surface area (Å²) in [6.45, 7) is 1.03. The van der Waals surface area contributed by atoms with Gasteiger partial charge in [-0.2, -0.15) is 0 Å². The maximum Gasteiger partial charge on any atom is 0.306 e. The zero-order valence-electron chi connectivity index (χ0n) is 12.6. The summed E-state index contributed by atoms with van der Waals surface area (Å²) in [7, 11) is 3.03. The first kappa shape index (κ1) is 16.1. The molecule has 0 bridgehead atoms. The summed E-state index contributed by atoms with van der Waals surface area (Å²) in [4.78, 5) is 24.9. The van der Waals surface area contributed by atoms with Gasteiger partial charge in [0.05, 0.1) is 33.4 Å². The minimum Gasteiger partial charge on any atom is -0.493 e. The van der Waals surface area contributed by atoms with E-state index in [1.165, 1.54) is 14.2 Å². The van der Waals surface area contributed by atoms with Gasteiger partial charge in [0.15, 0.2) is 11.5 Å². The van der Waals surface area contributed by atoms with Crippen LogP contribution in [-0.2, 0) is 9.53 Å². The highest BCUT2D eigenvalue weighted by atomic mass is 16.5. The van der Waals surface area contributed by atoms with Crippen LogP contribution in [0.25, 0.3) is 0 Å². The third kappa shape index (κ3) is 3.67. The summed E-state index contributed by atoms with van der Waals surface area (Å²) >= 11 is 0. The Morgan fingerprint density at radius 3 is 2.68 bits per heavy atom. The Hall–Kier alpha value is -2.28.